The van der Waals surface area contributed by atoms with E-state index in [0.717, 1.165) is 0 Å². The Morgan fingerprint density at radius 2 is 2.04 bits per heavy atom. The highest BCUT2D eigenvalue weighted by atomic mass is 35.5. The van der Waals surface area contributed by atoms with Gasteiger partial charge in [0, 0.05) is 6.20 Å². The molecule has 7 nitrogen and oxygen atoms in total. The maximum Gasteiger partial charge on any atom is 0.272 e. The monoisotopic (exact) mass is 406 g/mol. The number of carbonyl (C=O) groups excluding carboxylic acids is 2. The van der Waals surface area contributed by atoms with E-state index < -0.39 is 11.9 Å². The molecule has 0 radical (unpaired) electrons. The molecule has 27 heavy (non-hydrogen) atoms. The molecule has 0 fully saturated rings. The van der Waals surface area contributed by atoms with Crippen LogP contribution in [0.1, 0.15) is 23.2 Å². The summed E-state index contributed by atoms with van der Waals surface area (Å²) in [5.74, 6) is -0.166. The van der Waals surface area contributed by atoms with Crippen molar-refractivity contribution in [2.45, 2.75) is 19.5 Å². The van der Waals surface area contributed by atoms with E-state index in [1.165, 1.54) is 10.9 Å². The number of halogens is 2. The second kappa shape index (κ2) is 8.28. The van der Waals surface area contributed by atoms with Crippen molar-refractivity contribution in [2.24, 2.45) is 0 Å². The largest absolute Gasteiger partial charge is 0.467 e. The maximum absolute atomic E-state index is 12.3. The molecule has 2 aromatic heterocycles. The summed E-state index contributed by atoms with van der Waals surface area (Å²) in [7, 11) is 0. The van der Waals surface area contributed by atoms with Crippen LogP contribution >= 0.6 is 23.2 Å². The van der Waals surface area contributed by atoms with Crippen molar-refractivity contribution in [3.8, 4) is 5.69 Å². The summed E-state index contributed by atoms with van der Waals surface area (Å²) in [6, 6.07) is 9.31. The SMILES string of the molecule is CC(NC(=O)c1ccn(-c2ccc(Cl)c(Cl)c2)n1)C(=O)NCc1ccco1. The minimum Gasteiger partial charge on any atom is -0.467 e. The Hall–Kier alpha value is -2.77. The highest BCUT2D eigenvalue weighted by molar-refractivity contribution is 6.42. The number of hydrogen-bond donors (Lipinski definition) is 2. The highest BCUT2D eigenvalue weighted by Crippen LogP contribution is 2.24. The Bertz CT molecular complexity index is 953. The van der Waals surface area contributed by atoms with Gasteiger partial charge in [-0.25, -0.2) is 4.68 Å². The van der Waals surface area contributed by atoms with Gasteiger partial charge in [-0.15, -0.1) is 0 Å². The third-order valence-corrected chi connectivity index (χ3v) is 4.49. The van der Waals surface area contributed by atoms with E-state index in [9.17, 15) is 9.59 Å². The molecule has 1 aromatic carbocycles. The van der Waals surface area contributed by atoms with Crippen LogP contribution in [0.4, 0.5) is 0 Å². The van der Waals surface area contributed by atoms with Crippen molar-refractivity contribution in [3.05, 3.63) is 70.4 Å². The topological polar surface area (TPSA) is 89.2 Å². The van der Waals surface area contributed by atoms with Crippen molar-refractivity contribution in [1.82, 2.24) is 20.4 Å². The number of benzene rings is 1. The number of rotatable bonds is 6. The van der Waals surface area contributed by atoms with Gasteiger partial charge in [0.15, 0.2) is 5.69 Å². The van der Waals surface area contributed by atoms with Crippen molar-refractivity contribution in [1.29, 1.82) is 0 Å². The quantitative estimate of drug-likeness (QED) is 0.657. The molecule has 0 saturated heterocycles. The van der Waals surface area contributed by atoms with Crippen LogP contribution in [0.5, 0.6) is 0 Å². The molecule has 0 aliphatic heterocycles. The standard InChI is InChI=1S/C18H16Cl2N4O3/c1-11(17(25)21-10-13-3-2-8-27-13)22-18(26)16-6-7-24(23-16)12-4-5-14(19)15(20)9-12/h2-9,11H,10H2,1H3,(H,21,25)(H,22,26). The van der Waals surface area contributed by atoms with Gasteiger partial charge in [0.05, 0.1) is 28.5 Å². The molecule has 0 bridgehead atoms. The predicted molar refractivity (Wildman–Crippen MR) is 101 cm³/mol. The maximum atomic E-state index is 12.3. The zero-order chi connectivity index (χ0) is 19.4. The Kier molecular flexibility index (Phi) is 5.83. The molecule has 0 saturated carbocycles. The smallest absolute Gasteiger partial charge is 0.272 e. The van der Waals surface area contributed by atoms with E-state index >= 15 is 0 Å². The number of hydrogen-bond acceptors (Lipinski definition) is 4. The van der Waals surface area contributed by atoms with Crippen LogP contribution in [-0.4, -0.2) is 27.6 Å². The second-order valence-electron chi connectivity index (χ2n) is 5.74. The summed E-state index contributed by atoms with van der Waals surface area (Å²) >= 11 is 11.9. The zero-order valence-corrected chi connectivity index (χ0v) is 15.8. The van der Waals surface area contributed by atoms with Crippen LogP contribution in [0, 0.1) is 0 Å². The van der Waals surface area contributed by atoms with E-state index in [1.807, 2.05) is 0 Å². The molecular formula is C18H16Cl2N4O3. The van der Waals surface area contributed by atoms with Gasteiger partial charge in [-0.05, 0) is 43.3 Å². The number of aromatic nitrogens is 2. The summed E-state index contributed by atoms with van der Waals surface area (Å²) in [5.41, 5.74) is 0.833. The molecule has 2 N–H and O–H groups in total. The van der Waals surface area contributed by atoms with Crippen molar-refractivity contribution >= 4 is 35.0 Å². The van der Waals surface area contributed by atoms with Crippen LogP contribution in [0.2, 0.25) is 10.0 Å². The Balaban J connectivity index is 1.60. The van der Waals surface area contributed by atoms with Crippen molar-refractivity contribution in [2.75, 3.05) is 0 Å². The highest BCUT2D eigenvalue weighted by Gasteiger charge is 2.18. The second-order valence-corrected chi connectivity index (χ2v) is 6.55. The number of carbonyl (C=O) groups is 2. The van der Waals surface area contributed by atoms with Crippen LogP contribution in [-0.2, 0) is 11.3 Å². The summed E-state index contributed by atoms with van der Waals surface area (Å²) in [6.07, 6.45) is 3.15. The van der Waals surface area contributed by atoms with Gasteiger partial charge in [-0.1, -0.05) is 23.2 Å². The molecular weight excluding hydrogens is 391 g/mol. The van der Waals surface area contributed by atoms with E-state index in [2.05, 4.69) is 15.7 Å². The van der Waals surface area contributed by atoms with Crippen LogP contribution in [0.3, 0.4) is 0 Å². The van der Waals surface area contributed by atoms with Crippen molar-refractivity contribution in [3.63, 3.8) is 0 Å². The molecule has 2 amide bonds. The Morgan fingerprint density at radius 1 is 1.22 bits per heavy atom. The zero-order valence-electron chi connectivity index (χ0n) is 14.3. The van der Waals surface area contributed by atoms with Gasteiger partial charge < -0.3 is 15.1 Å². The number of nitrogens with one attached hydrogen (secondary N) is 2. The van der Waals surface area contributed by atoms with E-state index in [-0.39, 0.29) is 18.1 Å². The number of furan rings is 1. The normalized spacial score (nSPS) is 11.8. The van der Waals surface area contributed by atoms with E-state index in [0.29, 0.717) is 21.5 Å². The summed E-state index contributed by atoms with van der Waals surface area (Å²) in [6.45, 7) is 1.84. The lowest BCUT2D eigenvalue weighted by molar-refractivity contribution is -0.122. The van der Waals surface area contributed by atoms with E-state index in [4.69, 9.17) is 27.6 Å². The molecule has 9 heteroatoms. The third kappa shape index (κ3) is 4.69. The molecule has 0 aliphatic rings. The average molecular weight is 407 g/mol. The molecule has 1 unspecified atom stereocenters. The van der Waals surface area contributed by atoms with Gasteiger partial charge in [0.2, 0.25) is 5.91 Å². The molecule has 2 heterocycles. The van der Waals surface area contributed by atoms with Gasteiger partial charge in [-0.2, -0.15) is 5.10 Å². The van der Waals surface area contributed by atoms with Crippen LogP contribution in [0.15, 0.2) is 53.3 Å². The summed E-state index contributed by atoms with van der Waals surface area (Å²) < 4.78 is 6.64. The Labute approximate surface area is 165 Å². The van der Waals surface area contributed by atoms with E-state index in [1.54, 1.807) is 49.5 Å². The first-order valence-corrected chi connectivity index (χ1v) is 8.81. The molecule has 140 valence electrons. The molecule has 0 spiro atoms. The van der Waals surface area contributed by atoms with Gasteiger partial charge in [-0.3, -0.25) is 9.59 Å². The first-order valence-electron chi connectivity index (χ1n) is 8.06. The Morgan fingerprint density at radius 3 is 2.74 bits per heavy atom. The minimum absolute atomic E-state index is 0.173. The fourth-order valence-electron chi connectivity index (χ4n) is 2.29. The van der Waals surface area contributed by atoms with Crippen LogP contribution < -0.4 is 10.6 Å². The molecule has 1 atom stereocenters. The van der Waals surface area contributed by atoms with Crippen molar-refractivity contribution < 1.29 is 14.0 Å². The van der Waals surface area contributed by atoms with Gasteiger partial charge >= 0.3 is 0 Å². The summed E-state index contributed by atoms with van der Waals surface area (Å²) in [5, 5.41) is 10.3. The molecule has 0 aliphatic carbocycles. The fraction of sp³-hybridized carbons (Fsp3) is 0.167. The molecule has 3 rings (SSSR count). The lowest BCUT2D eigenvalue weighted by atomic mass is 10.3. The lowest BCUT2D eigenvalue weighted by Crippen LogP contribution is -2.44. The molecule has 3 aromatic rings. The summed E-state index contributed by atoms with van der Waals surface area (Å²) in [4.78, 5) is 24.4. The number of nitrogens with zero attached hydrogens (tertiary/aromatic N) is 2. The third-order valence-electron chi connectivity index (χ3n) is 3.75. The van der Waals surface area contributed by atoms with Gasteiger partial charge in [0.1, 0.15) is 11.8 Å². The first kappa shape index (κ1) is 19.0. The van der Waals surface area contributed by atoms with Gasteiger partial charge in [0.25, 0.3) is 5.91 Å². The fourth-order valence-corrected chi connectivity index (χ4v) is 2.59. The van der Waals surface area contributed by atoms with Crippen LogP contribution in [0.25, 0.3) is 5.69 Å². The number of amides is 2. The minimum atomic E-state index is -0.734. The predicted octanol–water partition coefficient (Wildman–Crippen LogP) is 3.21. The lowest BCUT2D eigenvalue weighted by Gasteiger charge is -2.12. The first-order chi connectivity index (χ1) is 12.9. The average Bonchev–Trinajstić information content (AvgIpc) is 3.33.